The summed E-state index contributed by atoms with van der Waals surface area (Å²) in [5.74, 6) is 0. The Morgan fingerprint density at radius 1 is 0.667 bits per heavy atom. The lowest BCUT2D eigenvalue weighted by molar-refractivity contribution is 0.917. The van der Waals surface area contributed by atoms with Crippen LogP contribution in [0.4, 0.5) is 0 Å². The van der Waals surface area contributed by atoms with Crippen LogP contribution < -0.4 is 0 Å². The highest BCUT2D eigenvalue weighted by Gasteiger charge is 2.11. The number of rotatable bonds is 7. The van der Waals surface area contributed by atoms with Crippen molar-refractivity contribution in [1.29, 1.82) is 0 Å². The van der Waals surface area contributed by atoms with Gasteiger partial charge in [0, 0.05) is 16.1 Å². The van der Waals surface area contributed by atoms with Crippen LogP contribution in [0.1, 0.15) is 26.7 Å². The first-order chi connectivity index (χ1) is 7.99. The molecule has 0 aliphatic carbocycles. The average Bonchev–Trinajstić information content (AvgIpc) is 2.18. The summed E-state index contributed by atoms with van der Waals surface area (Å²) in [6.45, 7) is 19.2. The van der Waals surface area contributed by atoms with Gasteiger partial charge in [0.15, 0.2) is 0 Å². The Kier molecular flexibility index (Phi) is 7.45. The van der Waals surface area contributed by atoms with E-state index in [1.54, 1.807) is 11.1 Å². The topological polar surface area (TPSA) is 0 Å². The molecule has 0 aliphatic heterocycles. The lowest BCUT2D eigenvalue weighted by Crippen LogP contribution is -2.17. The van der Waals surface area contributed by atoms with E-state index < -0.39 is 16.1 Å². The van der Waals surface area contributed by atoms with E-state index in [2.05, 4.69) is 65.3 Å². The van der Waals surface area contributed by atoms with E-state index in [1.807, 2.05) is 0 Å². The molecular weight excluding hydrogens is 248 g/mol. The van der Waals surface area contributed by atoms with Gasteiger partial charge in [-0.25, -0.2) is 0 Å². The molecule has 0 amide bonds. The minimum absolute atomic E-state index is 0.902. The molecule has 0 aromatic carbocycles. The third kappa shape index (κ3) is 12.4. The fraction of sp³-hybridized carbons (Fsp3) is 0.750. The summed E-state index contributed by atoms with van der Waals surface area (Å²) >= 11 is 0. The van der Waals surface area contributed by atoms with Crippen molar-refractivity contribution >= 4 is 16.1 Å². The van der Waals surface area contributed by atoms with Crippen molar-refractivity contribution in [2.75, 3.05) is 0 Å². The van der Waals surface area contributed by atoms with E-state index in [-0.39, 0.29) is 0 Å². The largest absolute Gasteiger partial charge is 0.0883 e. The maximum Gasteiger partial charge on any atom is 0.0480 e. The third-order valence-electron chi connectivity index (χ3n) is 3.04. The van der Waals surface area contributed by atoms with Gasteiger partial charge in [0.25, 0.3) is 0 Å². The zero-order chi connectivity index (χ0) is 14.4. The van der Waals surface area contributed by atoms with Gasteiger partial charge in [-0.1, -0.05) is 62.6 Å². The van der Waals surface area contributed by atoms with Crippen LogP contribution in [0.2, 0.25) is 51.4 Å². The molecule has 0 heterocycles. The van der Waals surface area contributed by atoms with Gasteiger partial charge in [0.05, 0.1) is 0 Å². The van der Waals surface area contributed by atoms with E-state index in [0.29, 0.717) is 0 Å². The second kappa shape index (κ2) is 7.49. The summed E-state index contributed by atoms with van der Waals surface area (Å²) in [5, 5.41) is 0. The monoisotopic (exact) mass is 282 g/mol. The molecule has 0 saturated heterocycles. The zero-order valence-electron chi connectivity index (χ0n) is 14.0. The predicted molar refractivity (Wildman–Crippen MR) is 93.1 cm³/mol. The molecule has 0 fully saturated rings. The quantitative estimate of drug-likeness (QED) is 0.378. The summed E-state index contributed by atoms with van der Waals surface area (Å²) in [5.41, 5.74) is 3.16. The lowest BCUT2D eigenvalue weighted by Gasteiger charge is -2.14. The molecule has 18 heavy (non-hydrogen) atoms. The van der Waals surface area contributed by atoms with Gasteiger partial charge >= 0.3 is 0 Å². The maximum atomic E-state index is 2.48. The SMILES string of the molecule is C/C(=C\C[Si](C)(C)C)CC/C(C)=C/C[Si](C)(C)C. The Labute approximate surface area is 118 Å². The first-order valence-electron chi connectivity index (χ1n) is 7.31. The molecule has 0 rings (SSSR count). The van der Waals surface area contributed by atoms with Crippen molar-refractivity contribution in [1.82, 2.24) is 0 Å². The third-order valence-corrected chi connectivity index (χ3v) is 5.90. The highest BCUT2D eigenvalue weighted by Crippen LogP contribution is 2.17. The maximum absolute atomic E-state index is 2.48. The number of hydrogen-bond donors (Lipinski definition) is 0. The molecule has 0 spiro atoms. The van der Waals surface area contributed by atoms with E-state index in [9.17, 15) is 0 Å². The smallest absolute Gasteiger partial charge is 0.0480 e. The first-order valence-corrected chi connectivity index (χ1v) is 14.7. The highest BCUT2D eigenvalue weighted by atomic mass is 28.3. The molecule has 0 N–H and O–H groups in total. The molecule has 0 saturated carbocycles. The van der Waals surface area contributed by atoms with Gasteiger partial charge in [-0.2, -0.15) is 0 Å². The normalized spacial score (nSPS) is 15.1. The Morgan fingerprint density at radius 2 is 0.944 bits per heavy atom. The molecule has 0 unspecified atom stereocenters. The fourth-order valence-electron chi connectivity index (χ4n) is 1.56. The van der Waals surface area contributed by atoms with Crippen LogP contribution >= 0.6 is 0 Å². The van der Waals surface area contributed by atoms with E-state index in [0.717, 1.165) is 0 Å². The van der Waals surface area contributed by atoms with Gasteiger partial charge in [-0.15, -0.1) is 0 Å². The Balaban J connectivity index is 4.09. The fourth-order valence-corrected chi connectivity index (χ4v) is 3.48. The predicted octanol–water partition coefficient (Wildman–Crippen LogP) is 6.34. The van der Waals surface area contributed by atoms with Crippen LogP contribution in [-0.4, -0.2) is 16.1 Å². The van der Waals surface area contributed by atoms with Crippen LogP contribution in [0.5, 0.6) is 0 Å². The van der Waals surface area contributed by atoms with Crippen molar-refractivity contribution in [3.63, 3.8) is 0 Å². The molecule has 0 bridgehead atoms. The van der Waals surface area contributed by atoms with E-state index in [4.69, 9.17) is 0 Å². The summed E-state index contributed by atoms with van der Waals surface area (Å²) in [7, 11) is -1.80. The van der Waals surface area contributed by atoms with Gasteiger partial charge in [-0.05, 0) is 38.8 Å². The number of hydrogen-bond acceptors (Lipinski definition) is 0. The Bertz CT molecular complexity index is 266. The van der Waals surface area contributed by atoms with Crippen LogP contribution in [0.3, 0.4) is 0 Å². The average molecular weight is 283 g/mol. The molecule has 0 aromatic rings. The van der Waals surface area contributed by atoms with Gasteiger partial charge in [0.2, 0.25) is 0 Å². The Morgan fingerprint density at radius 3 is 1.17 bits per heavy atom. The zero-order valence-corrected chi connectivity index (χ0v) is 16.0. The first kappa shape index (κ1) is 17.9. The van der Waals surface area contributed by atoms with Crippen molar-refractivity contribution in [3.8, 4) is 0 Å². The molecule has 0 atom stereocenters. The molecule has 0 radical (unpaired) electrons. The van der Waals surface area contributed by atoms with E-state index in [1.165, 1.54) is 24.9 Å². The second-order valence-electron chi connectivity index (χ2n) is 8.13. The molecule has 0 nitrogen and oxygen atoms in total. The summed E-state index contributed by atoms with van der Waals surface area (Å²) in [6, 6.07) is 2.66. The summed E-state index contributed by atoms with van der Waals surface area (Å²) in [4.78, 5) is 0. The second-order valence-corrected chi connectivity index (χ2v) is 19.2. The summed E-state index contributed by atoms with van der Waals surface area (Å²) < 4.78 is 0. The van der Waals surface area contributed by atoms with Crippen LogP contribution in [-0.2, 0) is 0 Å². The molecular formula is C16H34Si2. The highest BCUT2D eigenvalue weighted by molar-refractivity contribution is 6.76. The standard InChI is InChI=1S/C16H34Si2/c1-15(11-13-17(3,4)5)9-10-16(2)12-14-18(6,7)8/h11-12H,9-10,13-14H2,1-8H3/b15-11+,16-12+. The van der Waals surface area contributed by atoms with Crippen molar-refractivity contribution in [2.45, 2.75) is 78.1 Å². The van der Waals surface area contributed by atoms with Gasteiger partial charge in [0.1, 0.15) is 0 Å². The van der Waals surface area contributed by atoms with Gasteiger partial charge in [-0.3, -0.25) is 0 Å². The van der Waals surface area contributed by atoms with Crippen molar-refractivity contribution in [2.24, 2.45) is 0 Å². The minimum atomic E-state index is -0.902. The van der Waals surface area contributed by atoms with Crippen LogP contribution in [0, 0.1) is 0 Å². The van der Waals surface area contributed by atoms with Gasteiger partial charge < -0.3 is 0 Å². The lowest BCUT2D eigenvalue weighted by atomic mass is 10.1. The molecule has 106 valence electrons. The van der Waals surface area contributed by atoms with E-state index >= 15 is 0 Å². The van der Waals surface area contributed by atoms with Crippen LogP contribution in [0.25, 0.3) is 0 Å². The van der Waals surface area contributed by atoms with Crippen molar-refractivity contribution < 1.29 is 0 Å². The molecule has 0 aliphatic rings. The molecule has 2 heteroatoms. The minimum Gasteiger partial charge on any atom is -0.0883 e. The van der Waals surface area contributed by atoms with Crippen molar-refractivity contribution in [3.05, 3.63) is 23.3 Å². The molecule has 0 aromatic heterocycles. The number of allylic oxidation sites excluding steroid dienone is 4. The summed E-state index contributed by atoms with van der Waals surface area (Å²) in [6.07, 6.45) is 7.47. The van der Waals surface area contributed by atoms with Crippen LogP contribution in [0.15, 0.2) is 23.3 Å². The Hall–Kier alpha value is -0.0862.